The fourth-order valence-corrected chi connectivity index (χ4v) is 4.77. The summed E-state index contributed by atoms with van der Waals surface area (Å²) in [7, 11) is 1.65. The van der Waals surface area contributed by atoms with E-state index in [4.69, 9.17) is 4.74 Å². The zero-order valence-corrected chi connectivity index (χ0v) is 20.6. The van der Waals surface area contributed by atoms with Gasteiger partial charge in [0, 0.05) is 48.7 Å². The lowest BCUT2D eigenvalue weighted by Gasteiger charge is -2.34. The quantitative estimate of drug-likeness (QED) is 0.402. The lowest BCUT2D eigenvalue weighted by Crippen LogP contribution is -2.50. The van der Waals surface area contributed by atoms with E-state index in [1.807, 2.05) is 108 Å². The number of methoxy groups -OCH3 is 1. The summed E-state index contributed by atoms with van der Waals surface area (Å²) in [6.45, 7) is 4.02. The first kappa shape index (κ1) is 23.4. The summed E-state index contributed by atoms with van der Waals surface area (Å²) in [6.07, 6.45) is 0. The van der Waals surface area contributed by atoms with Crippen LogP contribution in [-0.4, -0.2) is 59.5 Å². The van der Waals surface area contributed by atoms with Gasteiger partial charge in [0.05, 0.1) is 18.4 Å². The van der Waals surface area contributed by atoms with Gasteiger partial charge in [0.2, 0.25) is 0 Å². The highest BCUT2D eigenvalue weighted by Gasteiger charge is 2.28. The molecule has 0 bridgehead atoms. The molecule has 1 aliphatic heterocycles. The third kappa shape index (κ3) is 4.50. The summed E-state index contributed by atoms with van der Waals surface area (Å²) in [5.41, 5.74) is 5.12. The summed E-state index contributed by atoms with van der Waals surface area (Å²) in [5.74, 6) is 0.755. The minimum Gasteiger partial charge on any atom is -0.497 e. The molecular formula is C30H29N3O3. The van der Waals surface area contributed by atoms with E-state index in [1.165, 1.54) is 0 Å². The molecule has 4 aromatic rings. The van der Waals surface area contributed by atoms with Gasteiger partial charge in [-0.3, -0.25) is 9.59 Å². The minimum atomic E-state index is -0.0156. The number of carbonyl (C=O) groups excluding carboxylic acids is 2. The molecule has 0 spiro atoms. The molecule has 3 aromatic carbocycles. The second-order valence-corrected chi connectivity index (χ2v) is 8.88. The predicted molar refractivity (Wildman–Crippen MR) is 141 cm³/mol. The molecule has 1 fully saturated rings. The van der Waals surface area contributed by atoms with Crippen LogP contribution < -0.4 is 4.74 Å². The molecule has 36 heavy (non-hydrogen) atoms. The lowest BCUT2D eigenvalue weighted by atomic mass is 10.1. The number of hydrogen-bond donors (Lipinski definition) is 0. The second kappa shape index (κ2) is 10.1. The third-order valence-electron chi connectivity index (χ3n) is 6.73. The number of nitrogens with zero attached hydrogens (tertiary/aromatic N) is 3. The van der Waals surface area contributed by atoms with Crippen LogP contribution in [0, 0.1) is 6.92 Å². The van der Waals surface area contributed by atoms with Crippen LogP contribution in [0.25, 0.3) is 16.9 Å². The number of carbonyl (C=O) groups is 2. The number of ether oxygens (including phenoxy) is 1. The molecule has 1 saturated heterocycles. The number of rotatable bonds is 5. The fourth-order valence-electron chi connectivity index (χ4n) is 4.77. The van der Waals surface area contributed by atoms with Crippen molar-refractivity contribution in [2.24, 2.45) is 0 Å². The first-order valence-electron chi connectivity index (χ1n) is 12.1. The Labute approximate surface area is 211 Å². The van der Waals surface area contributed by atoms with Gasteiger partial charge >= 0.3 is 0 Å². The van der Waals surface area contributed by atoms with Crippen molar-refractivity contribution in [1.29, 1.82) is 0 Å². The van der Waals surface area contributed by atoms with Crippen molar-refractivity contribution >= 4 is 11.8 Å². The van der Waals surface area contributed by atoms with Crippen LogP contribution in [0.5, 0.6) is 5.75 Å². The summed E-state index contributed by atoms with van der Waals surface area (Å²) in [4.78, 5) is 30.2. The molecule has 0 atom stereocenters. The molecule has 2 heterocycles. The molecule has 5 rings (SSSR count). The van der Waals surface area contributed by atoms with E-state index in [0.29, 0.717) is 37.3 Å². The summed E-state index contributed by atoms with van der Waals surface area (Å²) in [5, 5.41) is 0. The summed E-state index contributed by atoms with van der Waals surface area (Å²) >= 11 is 0. The average Bonchev–Trinajstić information content (AvgIpc) is 3.30. The van der Waals surface area contributed by atoms with E-state index >= 15 is 0 Å². The van der Waals surface area contributed by atoms with Crippen molar-refractivity contribution in [2.75, 3.05) is 33.3 Å². The number of hydrogen-bond acceptors (Lipinski definition) is 3. The molecule has 6 heteroatoms. The van der Waals surface area contributed by atoms with E-state index in [1.54, 1.807) is 7.11 Å². The first-order chi connectivity index (χ1) is 17.6. The molecule has 182 valence electrons. The average molecular weight is 480 g/mol. The Bertz CT molecular complexity index is 1370. The van der Waals surface area contributed by atoms with E-state index in [9.17, 15) is 9.59 Å². The third-order valence-corrected chi connectivity index (χ3v) is 6.73. The Kier molecular flexibility index (Phi) is 6.58. The van der Waals surface area contributed by atoms with Gasteiger partial charge < -0.3 is 19.1 Å². The molecule has 2 amide bonds. The maximum atomic E-state index is 13.7. The monoisotopic (exact) mass is 479 g/mol. The van der Waals surface area contributed by atoms with Crippen molar-refractivity contribution in [3.05, 3.63) is 108 Å². The van der Waals surface area contributed by atoms with Crippen molar-refractivity contribution in [3.8, 4) is 22.7 Å². The Morgan fingerprint density at radius 1 is 0.722 bits per heavy atom. The van der Waals surface area contributed by atoms with Crippen LogP contribution in [0.4, 0.5) is 0 Å². The maximum absolute atomic E-state index is 13.7. The second-order valence-electron chi connectivity index (χ2n) is 8.88. The molecule has 0 saturated carbocycles. The van der Waals surface area contributed by atoms with Gasteiger partial charge in [-0.25, -0.2) is 0 Å². The van der Waals surface area contributed by atoms with Gasteiger partial charge in [0.1, 0.15) is 5.75 Å². The van der Waals surface area contributed by atoms with E-state index in [2.05, 4.69) is 4.57 Å². The van der Waals surface area contributed by atoms with Crippen molar-refractivity contribution in [3.63, 3.8) is 0 Å². The number of para-hydroxylation sites is 1. The number of aromatic nitrogens is 1. The van der Waals surface area contributed by atoms with Crippen molar-refractivity contribution in [2.45, 2.75) is 6.92 Å². The lowest BCUT2D eigenvalue weighted by molar-refractivity contribution is 0.0535. The van der Waals surface area contributed by atoms with Crippen LogP contribution >= 0.6 is 0 Å². The van der Waals surface area contributed by atoms with Crippen molar-refractivity contribution in [1.82, 2.24) is 14.4 Å². The first-order valence-corrected chi connectivity index (χ1v) is 12.1. The smallest absolute Gasteiger partial charge is 0.255 e. The van der Waals surface area contributed by atoms with Gasteiger partial charge in [0.15, 0.2) is 0 Å². The van der Waals surface area contributed by atoms with Crippen LogP contribution in [-0.2, 0) is 0 Å². The van der Waals surface area contributed by atoms with E-state index in [0.717, 1.165) is 28.4 Å². The number of benzene rings is 3. The summed E-state index contributed by atoms with van der Waals surface area (Å²) < 4.78 is 7.57. The highest BCUT2D eigenvalue weighted by atomic mass is 16.5. The zero-order chi connectivity index (χ0) is 25.1. The predicted octanol–water partition coefficient (Wildman–Crippen LogP) is 5.06. The maximum Gasteiger partial charge on any atom is 0.255 e. The Balaban J connectivity index is 1.43. The molecule has 0 aliphatic carbocycles. The SMILES string of the molecule is COc1cccc(-c2cc(C(=O)N3CCN(C(=O)c4ccccc4)CC3)c(C)n2-c2ccccc2)c1. The molecule has 0 radical (unpaired) electrons. The molecule has 0 unspecified atom stereocenters. The fraction of sp³-hybridized carbons (Fsp3) is 0.200. The highest BCUT2D eigenvalue weighted by Crippen LogP contribution is 2.32. The van der Waals surface area contributed by atoms with Gasteiger partial charge in [0.25, 0.3) is 11.8 Å². The molecule has 0 N–H and O–H groups in total. The topological polar surface area (TPSA) is 54.8 Å². The molecule has 6 nitrogen and oxygen atoms in total. The Hall–Kier alpha value is -4.32. The zero-order valence-electron chi connectivity index (χ0n) is 20.6. The molecule has 1 aromatic heterocycles. The van der Waals surface area contributed by atoms with Crippen molar-refractivity contribution < 1.29 is 14.3 Å². The van der Waals surface area contributed by atoms with E-state index in [-0.39, 0.29) is 11.8 Å². The highest BCUT2D eigenvalue weighted by molar-refractivity contribution is 5.98. The Morgan fingerprint density at radius 3 is 1.97 bits per heavy atom. The Morgan fingerprint density at radius 2 is 1.33 bits per heavy atom. The van der Waals surface area contributed by atoms with Gasteiger partial charge in [-0.15, -0.1) is 0 Å². The van der Waals surface area contributed by atoms with Crippen LogP contribution in [0.1, 0.15) is 26.4 Å². The standard InChI is InChI=1S/C30H29N3O3/c1-22-27(30(35)32-18-16-31(17-19-32)29(34)23-10-5-3-6-11-23)21-28(24-12-9-15-26(20-24)36-2)33(22)25-13-7-4-8-14-25/h3-15,20-21H,16-19H2,1-2H3. The van der Waals surface area contributed by atoms with Gasteiger partial charge in [-0.05, 0) is 49.4 Å². The number of amides is 2. The van der Waals surface area contributed by atoms with Gasteiger partial charge in [-0.1, -0.05) is 48.5 Å². The van der Waals surface area contributed by atoms with Gasteiger partial charge in [-0.2, -0.15) is 0 Å². The minimum absolute atomic E-state index is 0.00872. The van der Waals surface area contributed by atoms with Crippen LogP contribution in [0.3, 0.4) is 0 Å². The molecular weight excluding hydrogens is 450 g/mol. The largest absolute Gasteiger partial charge is 0.497 e. The summed E-state index contributed by atoms with van der Waals surface area (Å²) in [6, 6.07) is 29.2. The van der Waals surface area contributed by atoms with E-state index < -0.39 is 0 Å². The van der Waals surface area contributed by atoms with Crippen LogP contribution in [0.2, 0.25) is 0 Å². The number of piperazine rings is 1. The normalized spacial score (nSPS) is 13.5. The molecule has 1 aliphatic rings. The van der Waals surface area contributed by atoms with Crippen LogP contribution in [0.15, 0.2) is 91.0 Å².